The normalized spacial score (nSPS) is 14.4. The number of nitrogens with one attached hydrogen (secondary N) is 1. The highest BCUT2D eigenvalue weighted by atomic mass is 31.2. The number of allylic oxidation sites excluding steroid dienone is 13. The van der Waals surface area contributed by atoms with E-state index in [4.69, 9.17) is 9.05 Å². The molecule has 9 heteroatoms. The lowest BCUT2D eigenvalue weighted by Gasteiger charge is -2.25. The van der Waals surface area contributed by atoms with Gasteiger partial charge in [0.05, 0.1) is 39.9 Å². The van der Waals surface area contributed by atoms with Gasteiger partial charge in [0.1, 0.15) is 13.2 Å². The lowest BCUT2D eigenvalue weighted by atomic mass is 10.0. The van der Waals surface area contributed by atoms with E-state index in [1.807, 2.05) is 27.2 Å². The highest BCUT2D eigenvalue weighted by molar-refractivity contribution is 7.47. The summed E-state index contributed by atoms with van der Waals surface area (Å²) in [6.45, 7) is 4.70. The van der Waals surface area contributed by atoms with Crippen molar-refractivity contribution < 1.29 is 32.9 Å². The van der Waals surface area contributed by atoms with E-state index in [1.165, 1.54) is 186 Å². The van der Waals surface area contributed by atoms with Crippen LogP contribution in [-0.4, -0.2) is 73.4 Å². The van der Waals surface area contributed by atoms with Crippen molar-refractivity contribution in [2.75, 3.05) is 40.9 Å². The lowest BCUT2D eigenvalue weighted by Crippen LogP contribution is -2.45. The van der Waals surface area contributed by atoms with E-state index in [0.29, 0.717) is 17.4 Å². The van der Waals surface area contributed by atoms with Crippen LogP contribution < -0.4 is 5.32 Å². The van der Waals surface area contributed by atoms with Gasteiger partial charge >= 0.3 is 7.82 Å². The molecular formula is C67H124N2O6P+. The van der Waals surface area contributed by atoms with Gasteiger partial charge in [-0.3, -0.25) is 13.8 Å². The van der Waals surface area contributed by atoms with Gasteiger partial charge in [-0.15, -0.1) is 0 Å². The average Bonchev–Trinajstić information content (AvgIpc) is 3.38. The first kappa shape index (κ1) is 73.7. The SMILES string of the molecule is CC/C=C\C/C=C\C/C=C\C/C=C\C/C=C\CCCCCCCCCCCC(=O)NC(COP(=O)(O)OCC[N+](C)(C)C)C(O)/C=C/CC/C=C/CCCCCCCCCCCCCCCCCCCCCCCCC. The summed E-state index contributed by atoms with van der Waals surface area (Å²) in [6, 6.07) is -0.874. The van der Waals surface area contributed by atoms with E-state index in [1.54, 1.807) is 6.08 Å². The number of hydrogen-bond donors (Lipinski definition) is 3. The molecule has 0 aromatic heterocycles. The predicted molar refractivity (Wildman–Crippen MR) is 332 cm³/mol. The molecule has 0 heterocycles. The molecule has 3 unspecified atom stereocenters. The molecule has 0 aromatic rings. The number of aliphatic hydroxyl groups is 1. The van der Waals surface area contributed by atoms with Crippen LogP contribution in [-0.2, 0) is 18.4 Å². The standard InChI is InChI=1S/C67H123N2O6P/c1-6-8-10-12-14-16-18-20-22-24-26-28-30-32-33-34-35-37-38-40-42-44-46-48-50-52-54-56-58-60-66(70)65(64-75-76(72,73)74-63-62-69(3,4)5)68-67(71)61-59-57-55-53-51-49-47-45-43-41-39-36-31-29-27-25-23-21-19-17-15-13-11-9-7-2/h9,11,15,17,21,23,27,29,36,39,50,52,58,60,65-66,70H,6-8,10,12-14,16,18-20,22,24-26,28,30-35,37-38,40-49,51,53-57,59,61-64H2,1-5H3,(H-,68,71,72,73)/p+1/b11-9-,17-15-,23-21-,29-27-,39-36-,52-50+,60-58+. The Morgan fingerprint density at radius 2 is 0.803 bits per heavy atom. The Kier molecular flexibility index (Phi) is 55.6. The van der Waals surface area contributed by atoms with Gasteiger partial charge in [0.2, 0.25) is 5.91 Å². The van der Waals surface area contributed by atoms with Gasteiger partial charge in [0.25, 0.3) is 0 Å². The minimum atomic E-state index is -4.37. The summed E-state index contributed by atoms with van der Waals surface area (Å²) in [6.07, 6.45) is 81.4. The Morgan fingerprint density at radius 1 is 0.461 bits per heavy atom. The molecule has 0 aliphatic carbocycles. The molecule has 0 aromatic carbocycles. The van der Waals surface area contributed by atoms with E-state index in [2.05, 4.69) is 92.1 Å². The van der Waals surface area contributed by atoms with Crippen LogP contribution >= 0.6 is 7.82 Å². The number of amides is 1. The van der Waals surface area contributed by atoms with Crippen molar-refractivity contribution >= 4 is 13.7 Å². The van der Waals surface area contributed by atoms with Crippen LogP contribution in [0, 0.1) is 0 Å². The fourth-order valence-corrected chi connectivity index (χ4v) is 9.88. The van der Waals surface area contributed by atoms with Gasteiger partial charge in [-0.2, -0.15) is 0 Å². The third-order valence-corrected chi connectivity index (χ3v) is 15.1. The average molecular weight is 1080 g/mol. The minimum absolute atomic E-state index is 0.0513. The highest BCUT2D eigenvalue weighted by Gasteiger charge is 2.27. The molecule has 0 rings (SSSR count). The van der Waals surface area contributed by atoms with Gasteiger partial charge in [0.15, 0.2) is 0 Å². The first-order chi connectivity index (χ1) is 37.0. The van der Waals surface area contributed by atoms with Crippen molar-refractivity contribution in [1.29, 1.82) is 0 Å². The molecule has 3 N–H and O–H groups in total. The Hall–Kier alpha value is -2.32. The number of phosphoric ester groups is 1. The van der Waals surface area contributed by atoms with Crippen molar-refractivity contribution in [3.8, 4) is 0 Å². The van der Waals surface area contributed by atoms with E-state index in [0.717, 1.165) is 77.0 Å². The number of unbranched alkanes of at least 4 members (excludes halogenated alkanes) is 33. The summed E-state index contributed by atoms with van der Waals surface area (Å²) in [5.74, 6) is -0.194. The summed E-state index contributed by atoms with van der Waals surface area (Å²) in [5, 5.41) is 14.0. The van der Waals surface area contributed by atoms with Crippen LogP contribution in [0.5, 0.6) is 0 Å². The zero-order valence-electron chi connectivity index (χ0n) is 50.5. The molecule has 442 valence electrons. The Morgan fingerprint density at radius 3 is 1.21 bits per heavy atom. The molecule has 0 saturated carbocycles. The van der Waals surface area contributed by atoms with Crippen LogP contribution in [0.4, 0.5) is 0 Å². The van der Waals surface area contributed by atoms with Gasteiger partial charge in [-0.05, 0) is 77.0 Å². The molecular weight excluding hydrogens is 960 g/mol. The van der Waals surface area contributed by atoms with Gasteiger partial charge in [-0.1, -0.05) is 285 Å². The second-order valence-corrected chi connectivity index (χ2v) is 24.2. The molecule has 76 heavy (non-hydrogen) atoms. The first-order valence-electron chi connectivity index (χ1n) is 32.0. The lowest BCUT2D eigenvalue weighted by molar-refractivity contribution is -0.870. The molecule has 1 amide bonds. The van der Waals surface area contributed by atoms with E-state index >= 15 is 0 Å². The number of carbonyl (C=O) groups is 1. The van der Waals surface area contributed by atoms with Gasteiger partial charge in [-0.25, -0.2) is 4.57 Å². The second kappa shape index (κ2) is 57.4. The molecule has 0 saturated heterocycles. The molecule has 8 nitrogen and oxygen atoms in total. The summed E-state index contributed by atoms with van der Waals surface area (Å²) in [4.78, 5) is 23.4. The maximum atomic E-state index is 13.0. The zero-order chi connectivity index (χ0) is 55.6. The Balaban J connectivity index is 4.20. The smallest absolute Gasteiger partial charge is 0.387 e. The second-order valence-electron chi connectivity index (χ2n) is 22.7. The van der Waals surface area contributed by atoms with Crippen molar-refractivity contribution in [3.05, 3.63) is 85.1 Å². The number of hydrogen-bond acceptors (Lipinski definition) is 5. The van der Waals surface area contributed by atoms with Crippen LogP contribution in [0.2, 0.25) is 0 Å². The Labute approximate surface area is 471 Å². The fourth-order valence-electron chi connectivity index (χ4n) is 9.15. The number of rotatable bonds is 58. The summed E-state index contributed by atoms with van der Waals surface area (Å²) in [5.41, 5.74) is 0. The Bertz CT molecular complexity index is 1510. The maximum Gasteiger partial charge on any atom is 0.472 e. The third kappa shape index (κ3) is 59.3. The van der Waals surface area contributed by atoms with Crippen LogP contribution in [0.15, 0.2) is 85.1 Å². The monoisotopic (exact) mass is 1080 g/mol. The number of likely N-dealkylation sites (N-methyl/N-ethyl adjacent to an activating group) is 1. The molecule has 0 aliphatic heterocycles. The zero-order valence-corrected chi connectivity index (χ0v) is 51.4. The maximum absolute atomic E-state index is 13.0. The fraction of sp³-hybridized carbons (Fsp3) is 0.776. The van der Waals surface area contributed by atoms with Crippen molar-refractivity contribution in [2.24, 2.45) is 0 Å². The number of quaternary nitrogens is 1. The molecule has 0 spiro atoms. The van der Waals surface area contributed by atoms with E-state index in [-0.39, 0.29) is 19.1 Å². The summed E-state index contributed by atoms with van der Waals surface area (Å²) in [7, 11) is 1.55. The largest absolute Gasteiger partial charge is 0.472 e. The quantitative estimate of drug-likeness (QED) is 0.0243. The van der Waals surface area contributed by atoms with Crippen molar-refractivity contribution in [2.45, 2.75) is 296 Å². The van der Waals surface area contributed by atoms with E-state index < -0.39 is 20.0 Å². The van der Waals surface area contributed by atoms with Crippen LogP contribution in [0.1, 0.15) is 284 Å². The number of phosphoric acid groups is 1. The molecule has 0 fully saturated rings. The molecule has 0 bridgehead atoms. The third-order valence-electron chi connectivity index (χ3n) is 14.1. The summed E-state index contributed by atoms with van der Waals surface area (Å²) >= 11 is 0. The van der Waals surface area contributed by atoms with Crippen LogP contribution in [0.25, 0.3) is 0 Å². The molecule has 3 atom stereocenters. The molecule has 0 radical (unpaired) electrons. The van der Waals surface area contributed by atoms with E-state index in [9.17, 15) is 19.4 Å². The highest BCUT2D eigenvalue weighted by Crippen LogP contribution is 2.43. The number of nitrogens with zero attached hydrogens (tertiary/aromatic N) is 1. The number of carbonyl (C=O) groups excluding carboxylic acids is 1. The van der Waals surface area contributed by atoms with Gasteiger partial charge < -0.3 is 19.8 Å². The topological polar surface area (TPSA) is 105 Å². The number of aliphatic hydroxyl groups excluding tert-OH is 1. The van der Waals surface area contributed by atoms with Crippen molar-refractivity contribution in [1.82, 2.24) is 5.32 Å². The predicted octanol–water partition coefficient (Wildman–Crippen LogP) is 20.0. The minimum Gasteiger partial charge on any atom is -0.387 e. The van der Waals surface area contributed by atoms with Crippen molar-refractivity contribution in [3.63, 3.8) is 0 Å². The van der Waals surface area contributed by atoms with Gasteiger partial charge in [0, 0.05) is 6.42 Å². The van der Waals surface area contributed by atoms with Crippen LogP contribution in [0.3, 0.4) is 0 Å². The first-order valence-corrected chi connectivity index (χ1v) is 33.5. The summed E-state index contributed by atoms with van der Waals surface area (Å²) < 4.78 is 23.7. The molecule has 0 aliphatic rings.